The van der Waals surface area contributed by atoms with Gasteiger partial charge in [-0.2, -0.15) is 0 Å². The van der Waals surface area contributed by atoms with E-state index in [1.807, 2.05) is 13.8 Å². The van der Waals surface area contributed by atoms with Crippen molar-refractivity contribution in [2.75, 3.05) is 17.6 Å². The van der Waals surface area contributed by atoms with Crippen molar-refractivity contribution in [1.29, 1.82) is 0 Å². The van der Waals surface area contributed by atoms with Crippen LogP contribution in [0.5, 0.6) is 0 Å². The van der Waals surface area contributed by atoms with Gasteiger partial charge in [-0.15, -0.1) is 11.8 Å². The number of anilines is 1. The molecule has 0 heterocycles. The minimum absolute atomic E-state index is 0.0406. The van der Waals surface area contributed by atoms with Gasteiger partial charge in [0.15, 0.2) is 0 Å². The molecule has 7 nitrogen and oxygen atoms in total. The van der Waals surface area contributed by atoms with Gasteiger partial charge in [0.1, 0.15) is 0 Å². The third-order valence-electron chi connectivity index (χ3n) is 3.77. The van der Waals surface area contributed by atoms with Crippen LogP contribution in [0, 0.1) is 16.0 Å². The molecule has 0 spiro atoms. The molecule has 0 bridgehead atoms. The molecular formula is C20H23N3O4S. The van der Waals surface area contributed by atoms with Gasteiger partial charge in [0.2, 0.25) is 5.91 Å². The molecule has 0 aliphatic carbocycles. The Kier molecular flexibility index (Phi) is 8.01. The minimum Gasteiger partial charge on any atom is -0.352 e. The van der Waals surface area contributed by atoms with Crippen LogP contribution in [0.3, 0.4) is 0 Å². The largest absolute Gasteiger partial charge is 0.352 e. The molecule has 2 N–H and O–H groups in total. The average molecular weight is 401 g/mol. The predicted octanol–water partition coefficient (Wildman–Crippen LogP) is 3.85. The summed E-state index contributed by atoms with van der Waals surface area (Å²) in [5.41, 5.74) is 1.84. The number of carbonyl (C=O) groups is 2. The van der Waals surface area contributed by atoms with Crippen LogP contribution < -0.4 is 10.6 Å². The number of rotatable bonds is 9. The lowest BCUT2D eigenvalue weighted by atomic mass is 10.1. The molecule has 2 rings (SSSR count). The van der Waals surface area contributed by atoms with Crippen molar-refractivity contribution in [1.82, 2.24) is 5.32 Å². The number of amides is 2. The molecule has 0 fully saturated rings. The number of nitrogens with zero attached hydrogens (tertiary/aromatic N) is 1. The monoisotopic (exact) mass is 401 g/mol. The zero-order chi connectivity index (χ0) is 20.5. The Morgan fingerprint density at radius 3 is 2.43 bits per heavy atom. The van der Waals surface area contributed by atoms with Crippen molar-refractivity contribution in [3.8, 4) is 0 Å². The van der Waals surface area contributed by atoms with Crippen LogP contribution in [0.1, 0.15) is 29.8 Å². The van der Waals surface area contributed by atoms with Crippen molar-refractivity contribution in [2.45, 2.75) is 19.6 Å². The number of hydrogen-bond acceptors (Lipinski definition) is 5. The van der Waals surface area contributed by atoms with Gasteiger partial charge in [0, 0.05) is 24.4 Å². The summed E-state index contributed by atoms with van der Waals surface area (Å²) >= 11 is 1.39. The van der Waals surface area contributed by atoms with Crippen molar-refractivity contribution in [3.63, 3.8) is 0 Å². The smallest absolute Gasteiger partial charge is 0.269 e. The summed E-state index contributed by atoms with van der Waals surface area (Å²) in [6.45, 7) is 4.58. The van der Waals surface area contributed by atoms with Gasteiger partial charge in [-0.05, 0) is 23.6 Å². The molecule has 0 unspecified atom stereocenters. The number of nitrogens with one attached hydrogen (secondary N) is 2. The van der Waals surface area contributed by atoms with E-state index in [2.05, 4.69) is 10.6 Å². The third kappa shape index (κ3) is 6.70. The summed E-state index contributed by atoms with van der Waals surface area (Å²) in [5, 5.41) is 16.3. The van der Waals surface area contributed by atoms with Crippen molar-refractivity contribution < 1.29 is 14.5 Å². The third-order valence-corrected chi connectivity index (χ3v) is 4.77. The van der Waals surface area contributed by atoms with E-state index >= 15 is 0 Å². The highest BCUT2D eigenvalue weighted by Crippen LogP contribution is 2.18. The maximum Gasteiger partial charge on any atom is 0.269 e. The molecule has 0 aliphatic rings. The molecule has 0 aliphatic heterocycles. The molecule has 0 radical (unpaired) electrons. The van der Waals surface area contributed by atoms with Crippen LogP contribution in [-0.2, 0) is 10.5 Å². The van der Waals surface area contributed by atoms with E-state index in [0.717, 1.165) is 5.56 Å². The van der Waals surface area contributed by atoms with E-state index in [1.54, 1.807) is 36.4 Å². The Hall–Kier alpha value is -2.87. The quantitative estimate of drug-likeness (QED) is 0.491. The second kappa shape index (κ2) is 10.5. The highest BCUT2D eigenvalue weighted by molar-refractivity contribution is 7.99. The van der Waals surface area contributed by atoms with Crippen molar-refractivity contribution in [2.24, 2.45) is 5.92 Å². The maximum absolute atomic E-state index is 12.3. The van der Waals surface area contributed by atoms with Crippen LogP contribution in [0.15, 0.2) is 48.5 Å². The molecular weight excluding hydrogens is 378 g/mol. The average Bonchev–Trinajstić information content (AvgIpc) is 2.67. The molecule has 148 valence electrons. The highest BCUT2D eigenvalue weighted by atomic mass is 32.2. The van der Waals surface area contributed by atoms with Gasteiger partial charge < -0.3 is 10.6 Å². The SMILES string of the molecule is CC(C)CNC(=O)c1ccccc1NC(=O)CSCc1ccc([N+](=O)[O-])cc1. The first-order valence-electron chi connectivity index (χ1n) is 8.85. The van der Waals surface area contributed by atoms with Gasteiger partial charge in [0.25, 0.3) is 11.6 Å². The zero-order valence-electron chi connectivity index (χ0n) is 15.8. The molecule has 2 amide bonds. The number of carbonyl (C=O) groups excluding carboxylic acids is 2. The summed E-state index contributed by atoms with van der Waals surface area (Å²) in [5.74, 6) is 0.668. The van der Waals surface area contributed by atoms with Crippen LogP contribution >= 0.6 is 11.8 Å². The number of nitro benzene ring substituents is 1. The van der Waals surface area contributed by atoms with Crippen LogP contribution in [-0.4, -0.2) is 29.0 Å². The number of benzene rings is 2. The van der Waals surface area contributed by atoms with E-state index in [4.69, 9.17) is 0 Å². The van der Waals surface area contributed by atoms with Gasteiger partial charge in [-0.1, -0.05) is 38.1 Å². The highest BCUT2D eigenvalue weighted by Gasteiger charge is 2.13. The van der Waals surface area contributed by atoms with Gasteiger partial charge in [-0.25, -0.2) is 0 Å². The fraction of sp³-hybridized carbons (Fsp3) is 0.300. The first-order valence-corrected chi connectivity index (χ1v) is 10.0. The van der Waals surface area contributed by atoms with E-state index < -0.39 is 4.92 Å². The lowest BCUT2D eigenvalue weighted by molar-refractivity contribution is -0.384. The molecule has 28 heavy (non-hydrogen) atoms. The minimum atomic E-state index is -0.445. The van der Waals surface area contributed by atoms with Gasteiger partial charge >= 0.3 is 0 Å². The Labute approximate surface area is 168 Å². The second-order valence-corrected chi connectivity index (χ2v) is 7.60. The van der Waals surface area contributed by atoms with Crippen molar-refractivity contribution in [3.05, 3.63) is 69.8 Å². The first kappa shape index (κ1) is 21.4. The number of non-ortho nitro benzene ring substituents is 1. The lowest BCUT2D eigenvalue weighted by Gasteiger charge is -2.12. The number of thioether (sulfide) groups is 1. The normalized spacial score (nSPS) is 10.5. The van der Waals surface area contributed by atoms with E-state index in [-0.39, 0.29) is 23.3 Å². The van der Waals surface area contributed by atoms with E-state index in [0.29, 0.717) is 29.5 Å². The molecule has 0 aromatic heterocycles. The zero-order valence-corrected chi connectivity index (χ0v) is 16.6. The predicted molar refractivity (Wildman–Crippen MR) is 112 cm³/mol. The number of hydrogen-bond donors (Lipinski definition) is 2. The summed E-state index contributed by atoms with van der Waals surface area (Å²) in [4.78, 5) is 34.8. The second-order valence-electron chi connectivity index (χ2n) is 6.61. The Balaban J connectivity index is 1.87. The summed E-state index contributed by atoms with van der Waals surface area (Å²) in [6, 6.07) is 13.1. The van der Waals surface area contributed by atoms with Crippen LogP contribution in [0.4, 0.5) is 11.4 Å². The van der Waals surface area contributed by atoms with Crippen LogP contribution in [0.25, 0.3) is 0 Å². The number of nitro groups is 1. The fourth-order valence-electron chi connectivity index (χ4n) is 2.34. The Morgan fingerprint density at radius 1 is 1.11 bits per heavy atom. The lowest BCUT2D eigenvalue weighted by Crippen LogP contribution is -2.28. The maximum atomic E-state index is 12.3. The number of para-hydroxylation sites is 1. The van der Waals surface area contributed by atoms with E-state index in [1.165, 1.54) is 23.9 Å². The molecule has 8 heteroatoms. The molecule has 2 aromatic carbocycles. The molecule has 0 atom stereocenters. The fourth-order valence-corrected chi connectivity index (χ4v) is 3.13. The molecule has 0 saturated carbocycles. The van der Waals surface area contributed by atoms with E-state index in [9.17, 15) is 19.7 Å². The standard InChI is InChI=1S/C20H23N3O4S/c1-14(2)11-21-20(25)17-5-3-4-6-18(17)22-19(24)13-28-12-15-7-9-16(10-8-15)23(26)27/h3-10,14H,11-13H2,1-2H3,(H,21,25)(H,22,24). The Bertz CT molecular complexity index is 838. The summed E-state index contributed by atoms with van der Waals surface area (Å²) in [6.07, 6.45) is 0. The van der Waals surface area contributed by atoms with Gasteiger partial charge in [-0.3, -0.25) is 19.7 Å². The van der Waals surface area contributed by atoms with Gasteiger partial charge in [0.05, 0.1) is 21.9 Å². The summed E-state index contributed by atoms with van der Waals surface area (Å²) < 4.78 is 0. The first-order chi connectivity index (χ1) is 13.4. The topological polar surface area (TPSA) is 101 Å². The summed E-state index contributed by atoms with van der Waals surface area (Å²) in [7, 11) is 0. The molecule has 2 aromatic rings. The Morgan fingerprint density at radius 2 is 1.79 bits per heavy atom. The van der Waals surface area contributed by atoms with Crippen LogP contribution in [0.2, 0.25) is 0 Å². The van der Waals surface area contributed by atoms with Crippen molar-refractivity contribution >= 4 is 35.0 Å². The molecule has 0 saturated heterocycles.